The summed E-state index contributed by atoms with van der Waals surface area (Å²) in [4.78, 5) is 12.4. The van der Waals surface area contributed by atoms with Crippen LogP contribution >= 0.6 is 0 Å². The minimum absolute atomic E-state index is 0.00587. The van der Waals surface area contributed by atoms with Crippen LogP contribution in [-0.2, 0) is 4.79 Å². The van der Waals surface area contributed by atoms with Crippen molar-refractivity contribution in [3.05, 3.63) is 30.1 Å². The average Bonchev–Trinajstić information content (AvgIpc) is 2.53. The van der Waals surface area contributed by atoms with Crippen molar-refractivity contribution in [3.8, 4) is 0 Å². The average molecular weight is 331 g/mol. The minimum Gasteiger partial charge on any atom is -0.336 e. The van der Waals surface area contributed by atoms with Crippen molar-refractivity contribution in [1.82, 2.24) is 0 Å². The molecule has 130 valence electrons. The summed E-state index contributed by atoms with van der Waals surface area (Å²) in [5, 5.41) is 5.12. The van der Waals surface area contributed by atoms with E-state index in [1.54, 1.807) is 12.1 Å². The van der Waals surface area contributed by atoms with E-state index in [0.717, 1.165) is 24.3 Å². The Morgan fingerprint density at radius 1 is 1.17 bits per heavy atom. The lowest BCUT2D eigenvalue weighted by Gasteiger charge is -2.56. The Morgan fingerprint density at radius 2 is 1.71 bits per heavy atom. The van der Waals surface area contributed by atoms with Crippen LogP contribution in [-0.4, -0.2) is 18.5 Å². The molecule has 4 bridgehead atoms. The second-order valence-electron chi connectivity index (χ2n) is 8.64. The summed E-state index contributed by atoms with van der Waals surface area (Å²) in [5.41, 5.74) is 1.15. The van der Waals surface area contributed by atoms with Gasteiger partial charge in [0.15, 0.2) is 6.04 Å². The Kier molecular flexibility index (Phi) is 4.11. The highest BCUT2D eigenvalue weighted by Gasteiger charge is 2.51. The molecule has 4 aliphatic rings. The predicted molar refractivity (Wildman–Crippen MR) is 91.9 cm³/mol. The van der Waals surface area contributed by atoms with Crippen molar-refractivity contribution < 1.29 is 14.5 Å². The van der Waals surface area contributed by atoms with Gasteiger partial charge in [-0.3, -0.25) is 4.79 Å². The molecule has 0 radical (unpaired) electrons. The standard InChI is InChI=1S/C20H27FN2O/c1-13(19(24)23-18-4-2-17(21)3-5-18)22-12-20-9-14-6-15(10-20)8-16(7-14)11-20/h2-5,13-16,22H,6-12H2,1H3,(H,23,24)/p+1/t13-,14?,15?,16?,20?/m0/s1. The fourth-order valence-electron chi connectivity index (χ4n) is 5.86. The van der Waals surface area contributed by atoms with Gasteiger partial charge in [-0.15, -0.1) is 0 Å². The molecule has 4 fully saturated rings. The topological polar surface area (TPSA) is 45.7 Å². The number of rotatable bonds is 5. The summed E-state index contributed by atoms with van der Waals surface area (Å²) in [6.07, 6.45) is 8.50. The molecule has 1 aromatic rings. The second kappa shape index (κ2) is 6.14. The van der Waals surface area contributed by atoms with Gasteiger partial charge in [-0.1, -0.05) is 0 Å². The number of halogens is 1. The number of hydrogen-bond acceptors (Lipinski definition) is 1. The summed E-state index contributed by atoms with van der Waals surface area (Å²) in [6, 6.07) is 5.86. The molecule has 4 heteroatoms. The first kappa shape index (κ1) is 16.1. The number of carbonyl (C=O) groups excluding carboxylic acids is 1. The van der Waals surface area contributed by atoms with Crippen molar-refractivity contribution >= 4 is 11.6 Å². The van der Waals surface area contributed by atoms with E-state index in [1.807, 2.05) is 6.92 Å². The lowest BCUT2D eigenvalue weighted by molar-refractivity contribution is -0.686. The van der Waals surface area contributed by atoms with Crippen LogP contribution in [0.4, 0.5) is 10.1 Å². The number of carbonyl (C=O) groups is 1. The molecule has 0 aliphatic heterocycles. The zero-order chi connectivity index (χ0) is 16.7. The second-order valence-corrected chi connectivity index (χ2v) is 8.64. The molecule has 0 heterocycles. The highest BCUT2D eigenvalue weighted by Crippen LogP contribution is 2.59. The van der Waals surface area contributed by atoms with Gasteiger partial charge in [-0.05, 0) is 87.5 Å². The Labute approximate surface area is 143 Å². The summed E-state index contributed by atoms with van der Waals surface area (Å²) < 4.78 is 12.9. The number of benzene rings is 1. The largest absolute Gasteiger partial charge is 0.336 e. The third kappa shape index (κ3) is 3.21. The lowest BCUT2D eigenvalue weighted by atomic mass is 9.49. The molecule has 4 saturated carbocycles. The third-order valence-electron chi connectivity index (χ3n) is 6.59. The minimum atomic E-state index is -0.283. The number of nitrogens with two attached hydrogens (primary N) is 1. The zero-order valence-corrected chi connectivity index (χ0v) is 14.4. The number of amides is 1. The maximum atomic E-state index is 12.9. The Hall–Kier alpha value is -1.42. The summed E-state index contributed by atoms with van der Waals surface area (Å²) >= 11 is 0. The Morgan fingerprint density at radius 3 is 2.25 bits per heavy atom. The van der Waals surface area contributed by atoms with E-state index in [1.165, 1.54) is 50.7 Å². The van der Waals surface area contributed by atoms with Crippen LogP contribution in [0.2, 0.25) is 0 Å². The summed E-state index contributed by atoms with van der Waals surface area (Å²) in [5.74, 6) is 2.58. The smallest absolute Gasteiger partial charge is 0.282 e. The molecular formula is C20H28FN2O+. The Bertz CT molecular complexity index is 577. The molecule has 24 heavy (non-hydrogen) atoms. The number of nitrogens with one attached hydrogen (secondary N) is 1. The zero-order valence-electron chi connectivity index (χ0n) is 14.4. The molecule has 3 N–H and O–H groups in total. The molecule has 0 aromatic heterocycles. The molecule has 5 rings (SSSR count). The molecule has 4 aliphatic carbocycles. The first-order valence-corrected chi connectivity index (χ1v) is 9.41. The Balaban J connectivity index is 1.32. The lowest BCUT2D eigenvalue weighted by Crippen LogP contribution is -2.94. The van der Waals surface area contributed by atoms with Gasteiger partial charge in [0.2, 0.25) is 0 Å². The highest BCUT2D eigenvalue weighted by molar-refractivity contribution is 5.93. The number of quaternary nitrogens is 1. The van der Waals surface area contributed by atoms with Crippen LogP contribution < -0.4 is 10.6 Å². The van der Waals surface area contributed by atoms with Crippen molar-refractivity contribution in [1.29, 1.82) is 0 Å². The summed E-state index contributed by atoms with van der Waals surface area (Å²) in [6.45, 7) is 3.05. The maximum Gasteiger partial charge on any atom is 0.282 e. The van der Waals surface area contributed by atoms with Gasteiger partial charge in [-0.25, -0.2) is 4.39 Å². The SMILES string of the molecule is C[C@H]([NH2+]CC12CC3CC(CC(C3)C1)C2)C(=O)Nc1ccc(F)cc1. The van der Waals surface area contributed by atoms with Gasteiger partial charge in [0.05, 0.1) is 6.54 Å². The fraction of sp³-hybridized carbons (Fsp3) is 0.650. The van der Waals surface area contributed by atoms with Gasteiger partial charge in [0.1, 0.15) is 5.82 Å². The monoisotopic (exact) mass is 331 g/mol. The molecule has 3 nitrogen and oxygen atoms in total. The quantitative estimate of drug-likeness (QED) is 0.856. The van der Waals surface area contributed by atoms with Crippen molar-refractivity contribution in [2.45, 2.75) is 51.5 Å². The van der Waals surface area contributed by atoms with Gasteiger partial charge in [-0.2, -0.15) is 0 Å². The number of anilines is 1. The van der Waals surface area contributed by atoms with Gasteiger partial charge in [0, 0.05) is 11.1 Å². The van der Waals surface area contributed by atoms with Crippen molar-refractivity contribution in [2.75, 3.05) is 11.9 Å². The highest BCUT2D eigenvalue weighted by atomic mass is 19.1. The van der Waals surface area contributed by atoms with Gasteiger partial charge >= 0.3 is 0 Å². The molecule has 1 atom stereocenters. The summed E-state index contributed by atoms with van der Waals surface area (Å²) in [7, 11) is 0. The van der Waals surface area contributed by atoms with Gasteiger partial charge < -0.3 is 10.6 Å². The molecule has 1 aromatic carbocycles. The van der Waals surface area contributed by atoms with Crippen molar-refractivity contribution in [3.63, 3.8) is 0 Å². The van der Waals surface area contributed by atoms with E-state index >= 15 is 0 Å². The molecule has 0 unspecified atom stereocenters. The first-order valence-electron chi connectivity index (χ1n) is 9.41. The third-order valence-corrected chi connectivity index (χ3v) is 6.59. The van der Waals surface area contributed by atoms with Crippen LogP contribution in [0.1, 0.15) is 45.4 Å². The van der Waals surface area contributed by atoms with E-state index in [9.17, 15) is 9.18 Å². The molecule has 0 saturated heterocycles. The molecule has 1 amide bonds. The number of hydrogen-bond donors (Lipinski definition) is 2. The van der Waals surface area contributed by atoms with E-state index in [0.29, 0.717) is 11.1 Å². The van der Waals surface area contributed by atoms with Crippen LogP contribution in [0.3, 0.4) is 0 Å². The van der Waals surface area contributed by atoms with Gasteiger partial charge in [0.25, 0.3) is 5.91 Å². The van der Waals surface area contributed by atoms with E-state index in [2.05, 4.69) is 10.6 Å². The van der Waals surface area contributed by atoms with E-state index < -0.39 is 0 Å². The molecular weight excluding hydrogens is 303 g/mol. The van der Waals surface area contributed by atoms with Crippen LogP contribution in [0.5, 0.6) is 0 Å². The van der Waals surface area contributed by atoms with Crippen LogP contribution in [0.25, 0.3) is 0 Å². The first-order chi connectivity index (χ1) is 11.5. The normalized spacial score (nSPS) is 35.0. The van der Waals surface area contributed by atoms with Crippen LogP contribution in [0, 0.1) is 29.0 Å². The van der Waals surface area contributed by atoms with E-state index in [4.69, 9.17) is 0 Å². The predicted octanol–water partition coefficient (Wildman–Crippen LogP) is 2.93. The fourth-order valence-corrected chi connectivity index (χ4v) is 5.86. The maximum absolute atomic E-state index is 12.9. The van der Waals surface area contributed by atoms with E-state index in [-0.39, 0.29) is 17.8 Å². The van der Waals surface area contributed by atoms with Crippen LogP contribution in [0.15, 0.2) is 24.3 Å². The van der Waals surface area contributed by atoms with Crippen molar-refractivity contribution in [2.24, 2.45) is 23.2 Å². The molecule has 0 spiro atoms.